The fourth-order valence-corrected chi connectivity index (χ4v) is 4.02. The summed E-state index contributed by atoms with van der Waals surface area (Å²) in [6.45, 7) is 1.55. The van der Waals surface area contributed by atoms with Crippen LogP contribution in [0.5, 0.6) is 0 Å². The summed E-state index contributed by atoms with van der Waals surface area (Å²) in [6, 6.07) is 4.73. The summed E-state index contributed by atoms with van der Waals surface area (Å²) in [5, 5.41) is 3.30. The highest BCUT2D eigenvalue weighted by molar-refractivity contribution is 9.11. The molecule has 1 aliphatic carbocycles. The second kappa shape index (κ2) is 5.81. The number of aliphatic imine (C=N–C) groups is 1. The minimum atomic E-state index is 0.267. The predicted molar refractivity (Wildman–Crippen MR) is 81.8 cm³/mol. The van der Waals surface area contributed by atoms with Crippen molar-refractivity contribution in [2.45, 2.75) is 37.3 Å². The van der Waals surface area contributed by atoms with Crippen molar-refractivity contribution in [3.05, 3.63) is 20.8 Å². The van der Waals surface area contributed by atoms with Gasteiger partial charge in [0.2, 0.25) is 0 Å². The molecule has 1 saturated heterocycles. The summed E-state index contributed by atoms with van der Waals surface area (Å²) < 4.78 is 6.71. The van der Waals surface area contributed by atoms with Gasteiger partial charge in [-0.2, -0.15) is 0 Å². The molecule has 6 heteroatoms. The van der Waals surface area contributed by atoms with Crippen LogP contribution < -0.4 is 11.1 Å². The highest BCUT2D eigenvalue weighted by Crippen LogP contribution is 2.44. The van der Waals surface area contributed by atoms with Gasteiger partial charge >= 0.3 is 0 Å². The predicted octanol–water partition coefficient (Wildman–Crippen LogP) is 2.45. The van der Waals surface area contributed by atoms with E-state index in [1.807, 2.05) is 0 Å². The van der Waals surface area contributed by atoms with Gasteiger partial charge in [-0.15, -0.1) is 11.3 Å². The van der Waals surface area contributed by atoms with E-state index in [0.29, 0.717) is 24.5 Å². The van der Waals surface area contributed by atoms with E-state index in [1.54, 1.807) is 11.3 Å². The van der Waals surface area contributed by atoms with Crippen LogP contribution in [0.3, 0.4) is 0 Å². The van der Waals surface area contributed by atoms with Crippen molar-refractivity contribution in [2.75, 3.05) is 13.2 Å². The Morgan fingerprint density at radius 3 is 3.16 bits per heavy atom. The Labute approximate surface area is 125 Å². The zero-order valence-corrected chi connectivity index (χ0v) is 13.0. The molecule has 0 amide bonds. The second-order valence-electron chi connectivity index (χ2n) is 5.10. The maximum absolute atomic E-state index is 5.92. The molecule has 3 N–H and O–H groups in total. The van der Waals surface area contributed by atoms with Gasteiger partial charge in [-0.05, 0) is 47.3 Å². The van der Waals surface area contributed by atoms with E-state index in [1.165, 1.54) is 8.66 Å². The first-order valence-corrected chi connectivity index (χ1v) is 8.26. The number of nitrogens with zero attached hydrogens (tertiary/aromatic N) is 1. The Hall–Kier alpha value is -0.590. The number of hydrogen-bond acceptors (Lipinski definition) is 3. The summed E-state index contributed by atoms with van der Waals surface area (Å²) >= 11 is 5.30. The van der Waals surface area contributed by atoms with Crippen molar-refractivity contribution in [3.8, 4) is 0 Å². The molecule has 3 atom stereocenters. The van der Waals surface area contributed by atoms with E-state index >= 15 is 0 Å². The number of rotatable bonds is 4. The van der Waals surface area contributed by atoms with Crippen LogP contribution >= 0.6 is 27.3 Å². The average Bonchev–Trinajstić information content (AvgIpc) is 2.82. The lowest BCUT2D eigenvalue weighted by Crippen LogP contribution is -2.34. The largest absolute Gasteiger partial charge is 0.376 e. The Balaban J connectivity index is 1.46. The molecule has 1 saturated carbocycles. The van der Waals surface area contributed by atoms with Crippen LogP contribution in [0.1, 0.15) is 30.1 Å². The van der Waals surface area contributed by atoms with E-state index < -0.39 is 0 Å². The SMILES string of the molecule is NC(=NCC1CCCO1)N[C@@H]1C[C@H]1c1ccc(Br)s1. The lowest BCUT2D eigenvalue weighted by Gasteiger charge is -2.08. The third-order valence-electron chi connectivity index (χ3n) is 3.57. The van der Waals surface area contributed by atoms with E-state index in [4.69, 9.17) is 10.5 Å². The van der Waals surface area contributed by atoms with Gasteiger partial charge in [-0.3, -0.25) is 4.99 Å². The van der Waals surface area contributed by atoms with Gasteiger partial charge in [0.15, 0.2) is 5.96 Å². The van der Waals surface area contributed by atoms with Crippen LogP contribution in [-0.2, 0) is 4.74 Å². The van der Waals surface area contributed by atoms with Crippen molar-refractivity contribution >= 4 is 33.2 Å². The Morgan fingerprint density at radius 1 is 1.58 bits per heavy atom. The Kier molecular flexibility index (Phi) is 4.10. The monoisotopic (exact) mass is 343 g/mol. The highest BCUT2D eigenvalue weighted by Gasteiger charge is 2.39. The molecule has 2 fully saturated rings. The molecular formula is C13H18BrN3OS. The zero-order chi connectivity index (χ0) is 13.2. The number of hydrogen-bond donors (Lipinski definition) is 2. The first-order valence-electron chi connectivity index (χ1n) is 6.65. The molecule has 0 bridgehead atoms. The summed E-state index contributed by atoms with van der Waals surface area (Å²) in [6.07, 6.45) is 3.66. The van der Waals surface area contributed by atoms with Gasteiger partial charge in [-0.1, -0.05) is 0 Å². The van der Waals surface area contributed by atoms with Crippen molar-refractivity contribution in [3.63, 3.8) is 0 Å². The van der Waals surface area contributed by atoms with Gasteiger partial charge in [0.1, 0.15) is 0 Å². The third kappa shape index (κ3) is 3.49. The molecule has 0 radical (unpaired) electrons. The molecule has 1 aromatic rings. The Morgan fingerprint density at radius 2 is 2.47 bits per heavy atom. The quantitative estimate of drug-likeness (QED) is 0.652. The normalized spacial score (nSPS) is 30.6. The molecule has 104 valence electrons. The fourth-order valence-electron chi connectivity index (χ4n) is 2.42. The maximum atomic E-state index is 5.92. The van der Waals surface area contributed by atoms with Gasteiger partial charge in [-0.25, -0.2) is 0 Å². The lowest BCUT2D eigenvalue weighted by molar-refractivity contribution is 0.118. The number of halogens is 1. The van der Waals surface area contributed by atoms with Gasteiger partial charge in [0.25, 0.3) is 0 Å². The van der Waals surface area contributed by atoms with Crippen LogP contribution in [0.15, 0.2) is 20.9 Å². The molecule has 2 heterocycles. The summed E-state index contributed by atoms with van der Waals surface area (Å²) in [5.41, 5.74) is 5.92. The standard InChI is InChI=1S/C13H18BrN3OS/c14-12-4-3-11(19-12)9-6-10(9)17-13(15)16-7-8-2-1-5-18-8/h3-4,8-10H,1-2,5-7H2,(H3,15,16,17)/t8?,9-,10-/m1/s1. The van der Waals surface area contributed by atoms with Crippen LogP contribution in [0, 0.1) is 0 Å². The Bertz CT molecular complexity index is 470. The molecular weight excluding hydrogens is 326 g/mol. The topological polar surface area (TPSA) is 59.6 Å². The summed E-state index contributed by atoms with van der Waals surface area (Å²) in [5.74, 6) is 1.14. The minimum Gasteiger partial charge on any atom is -0.376 e. The van der Waals surface area contributed by atoms with E-state index in [2.05, 4.69) is 38.4 Å². The van der Waals surface area contributed by atoms with E-state index in [-0.39, 0.29) is 6.10 Å². The number of nitrogens with one attached hydrogen (secondary N) is 1. The van der Waals surface area contributed by atoms with Crippen LogP contribution in [0.2, 0.25) is 0 Å². The minimum absolute atomic E-state index is 0.267. The molecule has 4 nitrogen and oxygen atoms in total. The van der Waals surface area contributed by atoms with Gasteiger partial charge < -0.3 is 15.8 Å². The molecule has 19 heavy (non-hydrogen) atoms. The van der Waals surface area contributed by atoms with Crippen molar-refractivity contribution in [1.82, 2.24) is 5.32 Å². The molecule has 1 unspecified atom stereocenters. The van der Waals surface area contributed by atoms with Crippen molar-refractivity contribution in [1.29, 1.82) is 0 Å². The third-order valence-corrected chi connectivity index (χ3v) is 5.33. The van der Waals surface area contributed by atoms with Crippen LogP contribution in [0.4, 0.5) is 0 Å². The van der Waals surface area contributed by atoms with Crippen molar-refractivity contribution in [2.24, 2.45) is 10.7 Å². The van der Waals surface area contributed by atoms with Crippen LogP contribution in [0.25, 0.3) is 0 Å². The molecule has 2 aliphatic rings. The first kappa shape index (κ1) is 13.4. The molecule has 0 spiro atoms. The highest BCUT2D eigenvalue weighted by atomic mass is 79.9. The summed E-state index contributed by atoms with van der Waals surface area (Å²) in [7, 11) is 0. The van der Waals surface area contributed by atoms with E-state index in [9.17, 15) is 0 Å². The smallest absolute Gasteiger partial charge is 0.188 e. The van der Waals surface area contributed by atoms with E-state index in [0.717, 1.165) is 25.9 Å². The van der Waals surface area contributed by atoms with Crippen molar-refractivity contribution < 1.29 is 4.74 Å². The van der Waals surface area contributed by atoms with Crippen LogP contribution in [-0.4, -0.2) is 31.3 Å². The number of ether oxygens (including phenoxy) is 1. The maximum Gasteiger partial charge on any atom is 0.188 e. The van der Waals surface area contributed by atoms with Gasteiger partial charge in [0.05, 0.1) is 16.4 Å². The number of nitrogens with two attached hydrogens (primary N) is 1. The first-order chi connectivity index (χ1) is 9.22. The average molecular weight is 344 g/mol. The van der Waals surface area contributed by atoms with Gasteiger partial charge in [0, 0.05) is 23.4 Å². The lowest BCUT2D eigenvalue weighted by atomic mass is 10.2. The molecule has 3 rings (SSSR count). The number of guanidine groups is 1. The fraction of sp³-hybridized carbons (Fsp3) is 0.615. The second-order valence-corrected chi connectivity index (χ2v) is 7.59. The zero-order valence-electron chi connectivity index (χ0n) is 10.6. The molecule has 1 aliphatic heterocycles. The molecule has 1 aromatic heterocycles. The molecule has 0 aromatic carbocycles. The number of thiophene rings is 1. The summed E-state index contributed by atoms with van der Waals surface area (Å²) in [4.78, 5) is 5.79.